The van der Waals surface area contributed by atoms with Gasteiger partial charge in [0.2, 0.25) is 5.89 Å². The van der Waals surface area contributed by atoms with Gasteiger partial charge in [0.1, 0.15) is 5.52 Å². The van der Waals surface area contributed by atoms with E-state index in [4.69, 9.17) is 24.4 Å². The number of para-hydroxylation sites is 2. The summed E-state index contributed by atoms with van der Waals surface area (Å²) in [5, 5.41) is 2.48. The van der Waals surface area contributed by atoms with Crippen LogP contribution in [0.2, 0.25) is 0 Å². The van der Waals surface area contributed by atoms with Crippen LogP contribution >= 0.6 is 0 Å². The fourth-order valence-corrected chi connectivity index (χ4v) is 6.08. The summed E-state index contributed by atoms with van der Waals surface area (Å²) in [6, 6.07) is 51.2. The quantitative estimate of drug-likeness (QED) is 0.199. The highest BCUT2D eigenvalue weighted by molar-refractivity contribution is 6.09. The molecule has 6 heteroatoms. The maximum atomic E-state index is 6.23. The van der Waals surface area contributed by atoms with Crippen molar-refractivity contribution in [1.82, 2.24) is 24.5 Å². The van der Waals surface area contributed by atoms with E-state index in [1.54, 1.807) is 0 Å². The van der Waals surface area contributed by atoms with Gasteiger partial charge in [-0.05, 0) is 54.6 Å². The standard InChI is InChI=1S/C40H25N5O/c1-3-11-26(12-4-1)37-42-38(27-13-5-2-6-14-27)44-39(43-37)29-21-24-36-33(25-29)41-40(46-36)28-19-22-30(23-20-28)45-34-17-9-7-15-31(34)32-16-8-10-18-35(32)45/h1-25H. The second-order valence-electron chi connectivity index (χ2n) is 11.2. The SMILES string of the molecule is c1ccc(-c2nc(-c3ccccc3)nc(-c3ccc4oc(-c5ccc(-n6c7ccccc7c7ccccc76)cc5)nc4c3)n2)cc1. The molecule has 0 atom stereocenters. The molecule has 0 aliphatic heterocycles. The Bertz CT molecular complexity index is 2410. The van der Waals surface area contributed by atoms with E-state index in [-0.39, 0.29) is 0 Å². The second-order valence-corrected chi connectivity index (χ2v) is 11.2. The van der Waals surface area contributed by atoms with Crippen molar-refractivity contribution in [3.05, 3.63) is 152 Å². The van der Waals surface area contributed by atoms with Crippen LogP contribution < -0.4 is 0 Å². The zero-order valence-corrected chi connectivity index (χ0v) is 24.6. The van der Waals surface area contributed by atoms with Gasteiger partial charge in [0, 0.05) is 38.7 Å². The molecule has 0 radical (unpaired) electrons. The van der Waals surface area contributed by atoms with Crippen molar-refractivity contribution < 1.29 is 4.42 Å². The number of hydrogen-bond acceptors (Lipinski definition) is 5. The topological polar surface area (TPSA) is 69.6 Å². The number of fused-ring (bicyclic) bond motifs is 4. The lowest BCUT2D eigenvalue weighted by Gasteiger charge is -2.08. The summed E-state index contributed by atoms with van der Waals surface area (Å²) in [6.07, 6.45) is 0. The molecule has 0 unspecified atom stereocenters. The van der Waals surface area contributed by atoms with Crippen molar-refractivity contribution in [2.45, 2.75) is 0 Å². The van der Waals surface area contributed by atoms with Gasteiger partial charge in [-0.1, -0.05) is 97.1 Å². The van der Waals surface area contributed by atoms with E-state index in [1.165, 1.54) is 21.8 Å². The van der Waals surface area contributed by atoms with Crippen molar-refractivity contribution in [2.75, 3.05) is 0 Å². The minimum absolute atomic E-state index is 0.562. The third-order valence-corrected chi connectivity index (χ3v) is 8.30. The molecule has 0 aliphatic carbocycles. The largest absolute Gasteiger partial charge is 0.436 e. The number of oxazole rings is 1. The summed E-state index contributed by atoms with van der Waals surface area (Å²) in [4.78, 5) is 19.4. The normalized spacial score (nSPS) is 11.5. The van der Waals surface area contributed by atoms with Gasteiger partial charge in [-0.25, -0.2) is 19.9 Å². The number of rotatable bonds is 5. The third kappa shape index (κ3) is 4.43. The first kappa shape index (κ1) is 26.0. The zero-order chi connectivity index (χ0) is 30.5. The van der Waals surface area contributed by atoms with E-state index < -0.39 is 0 Å². The Morgan fingerprint density at radius 2 is 0.913 bits per heavy atom. The van der Waals surface area contributed by atoms with Gasteiger partial charge in [-0.15, -0.1) is 0 Å². The Morgan fingerprint density at radius 3 is 1.50 bits per heavy atom. The Kier molecular flexibility index (Phi) is 6.03. The zero-order valence-electron chi connectivity index (χ0n) is 24.6. The number of nitrogens with zero attached hydrogens (tertiary/aromatic N) is 5. The average Bonchev–Trinajstić information content (AvgIpc) is 3.71. The third-order valence-electron chi connectivity index (χ3n) is 8.30. The molecule has 6 aromatic carbocycles. The van der Waals surface area contributed by atoms with E-state index in [1.807, 2.05) is 78.9 Å². The summed E-state index contributed by atoms with van der Waals surface area (Å²) in [5.74, 6) is 2.38. The molecule has 0 spiro atoms. The van der Waals surface area contributed by atoms with Gasteiger partial charge < -0.3 is 8.98 Å². The fourth-order valence-electron chi connectivity index (χ4n) is 6.08. The molecule has 3 aromatic heterocycles. The molecular formula is C40H25N5O. The maximum absolute atomic E-state index is 6.23. The number of benzene rings is 6. The summed E-state index contributed by atoms with van der Waals surface area (Å²) < 4.78 is 8.53. The van der Waals surface area contributed by atoms with E-state index in [0.717, 1.165) is 33.5 Å². The highest BCUT2D eigenvalue weighted by Crippen LogP contribution is 2.34. The Balaban J connectivity index is 1.09. The van der Waals surface area contributed by atoms with Crippen LogP contribution in [0.15, 0.2) is 156 Å². The Labute approximate surface area is 264 Å². The Morgan fingerprint density at radius 1 is 0.413 bits per heavy atom. The van der Waals surface area contributed by atoms with Crippen molar-refractivity contribution in [3.8, 4) is 51.3 Å². The minimum atomic E-state index is 0.562. The summed E-state index contributed by atoms with van der Waals surface area (Å²) in [6.45, 7) is 0. The fraction of sp³-hybridized carbons (Fsp3) is 0. The molecule has 46 heavy (non-hydrogen) atoms. The lowest BCUT2D eigenvalue weighted by atomic mass is 10.1. The van der Waals surface area contributed by atoms with Crippen LogP contribution in [0.5, 0.6) is 0 Å². The average molecular weight is 592 g/mol. The van der Waals surface area contributed by atoms with Crippen LogP contribution in [-0.2, 0) is 0 Å². The van der Waals surface area contributed by atoms with Crippen LogP contribution in [0.25, 0.3) is 84.2 Å². The number of hydrogen-bond donors (Lipinski definition) is 0. The molecule has 216 valence electrons. The molecule has 9 rings (SSSR count). The Hall–Kier alpha value is -6.40. The second kappa shape index (κ2) is 10.6. The molecule has 9 aromatic rings. The van der Waals surface area contributed by atoms with Crippen LogP contribution in [0.1, 0.15) is 0 Å². The predicted molar refractivity (Wildman–Crippen MR) is 183 cm³/mol. The maximum Gasteiger partial charge on any atom is 0.227 e. The highest BCUT2D eigenvalue weighted by Gasteiger charge is 2.16. The van der Waals surface area contributed by atoms with E-state index >= 15 is 0 Å². The van der Waals surface area contributed by atoms with Crippen LogP contribution in [0.4, 0.5) is 0 Å². The lowest BCUT2D eigenvalue weighted by molar-refractivity contribution is 0.620. The van der Waals surface area contributed by atoms with Gasteiger partial charge in [0.05, 0.1) is 11.0 Å². The monoisotopic (exact) mass is 591 g/mol. The number of aromatic nitrogens is 5. The van der Waals surface area contributed by atoms with E-state index in [0.29, 0.717) is 28.9 Å². The van der Waals surface area contributed by atoms with Gasteiger partial charge in [0.25, 0.3) is 0 Å². The van der Waals surface area contributed by atoms with Crippen LogP contribution in [0, 0.1) is 0 Å². The predicted octanol–water partition coefficient (Wildman–Crippen LogP) is 9.78. The van der Waals surface area contributed by atoms with Crippen molar-refractivity contribution in [3.63, 3.8) is 0 Å². The summed E-state index contributed by atoms with van der Waals surface area (Å²) in [5.41, 5.74) is 8.47. The van der Waals surface area contributed by atoms with Crippen LogP contribution in [0.3, 0.4) is 0 Å². The van der Waals surface area contributed by atoms with Crippen LogP contribution in [-0.4, -0.2) is 24.5 Å². The molecule has 0 bridgehead atoms. The molecule has 0 saturated heterocycles. The molecule has 0 N–H and O–H groups in total. The highest BCUT2D eigenvalue weighted by atomic mass is 16.3. The summed E-state index contributed by atoms with van der Waals surface area (Å²) in [7, 11) is 0. The molecule has 3 heterocycles. The van der Waals surface area contributed by atoms with Crippen molar-refractivity contribution in [1.29, 1.82) is 0 Å². The molecule has 0 fully saturated rings. The van der Waals surface area contributed by atoms with E-state index in [2.05, 4.69) is 77.4 Å². The van der Waals surface area contributed by atoms with Gasteiger partial charge >= 0.3 is 0 Å². The molecular weight excluding hydrogens is 566 g/mol. The van der Waals surface area contributed by atoms with Gasteiger partial charge in [-0.2, -0.15) is 0 Å². The van der Waals surface area contributed by atoms with Crippen molar-refractivity contribution in [2.24, 2.45) is 0 Å². The molecule has 0 amide bonds. The first-order valence-electron chi connectivity index (χ1n) is 15.2. The van der Waals surface area contributed by atoms with E-state index in [9.17, 15) is 0 Å². The first-order chi connectivity index (χ1) is 22.8. The molecule has 6 nitrogen and oxygen atoms in total. The lowest BCUT2D eigenvalue weighted by Crippen LogP contribution is -2.00. The molecule has 0 aliphatic rings. The van der Waals surface area contributed by atoms with Gasteiger partial charge in [0.15, 0.2) is 23.1 Å². The summed E-state index contributed by atoms with van der Waals surface area (Å²) >= 11 is 0. The first-order valence-corrected chi connectivity index (χ1v) is 15.2. The molecule has 0 saturated carbocycles. The minimum Gasteiger partial charge on any atom is -0.436 e. The smallest absolute Gasteiger partial charge is 0.227 e. The van der Waals surface area contributed by atoms with Crippen molar-refractivity contribution >= 4 is 32.9 Å². The van der Waals surface area contributed by atoms with Gasteiger partial charge in [-0.3, -0.25) is 0 Å².